The van der Waals surface area contributed by atoms with Crippen LogP contribution < -0.4 is 0 Å². The molecular weight excluding hydrogens is 274 g/mol. The normalized spacial score (nSPS) is 21.6. The molecule has 0 unspecified atom stereocenters. The Balaban J connectivity index is 1.74. The van der Waals surface area contributed by atoms with Crippen LogP contribution in [0.5, 0.6) is 0 Å². The van der Waals surface area contributed by atoms with Crippen molar-refractivity contribution in [3.8, 4) is 0 Å². The van der Waals surface area contributed by atoms with Crippen molar-refractivity contribution < 1.29 is 19.4 Å². The summed E-state index contributed by atoms with van der Waals surface area (Å²) in [6.07, 6.45) is 2.09. The number of piperidine rings is 1. The summed E-state index contributed by atoms with van der Waals surface area (Å²) in [6, 6.07) is 0.0833. The molecule has 2 aliphatic heterocycles. The first-order valence-corrected chi connectivity index (χ1v) is 7.69. The Morgan fingerprint density at radius 2 is 1.62 bits per heavy atom. The van der Waals surface area contributed by atoms with E-state index in [4.69, 9.17) is 9.84 Å². The van der Waals surface area contributed by atoms with Crippen LogP contribution in [0.2, 0.25) is 0 Å². The van der Waals surface area contributed by atoms with E-state index in [9.17, 15) is 9.59 Å². The number of ether oxygens (including phenoxy) is 1. The molecule has 2 rings (SSSR count). The number of carbonyl (C=O) groups is 2. The van der Waals surface area contributed by atoms with Crippen molar-refractivity contribution in [3.63, 3.8) is 0 Å². The molecule has 2 saturated heterocycles. The predicted molar refractivity (Wildman–Crippen MR) is 77.3 cm³/mol. The molecule has 7 nitrogen and oxygen atoms in total. The van der Waals surface area contributed by atoms with E-state index in [1.54, 1.807) is 0 Å². The number of hydrogen-bond acceptors (Lipinski definition) is 4. The first-order valence-electron chi connectivity index (χ1n) is 7.69. The molecule has 0 saturated carbocycles. The van der Waals surface area contributed by atoms with Crippen molar-refractivity contribution >= 4 is 12.0 Å². The van der Waals surface area contributed by atoms with Crippen molar-refractivity contribution in [1.29, 1.82) is 0 Å². The summed E-state index contributed by atoms with van der Waals surface area (Å²) in [5.41, 5.74) is 0. The summed E-state index contributed by atoms with van der Waals surface area (Å²) in [6.45, 7) is 6.76. The van der Waals surface area contributed by atoms with E-state index < -0.39 is 5.97 Å². The van der Waals surface area contributed by atoms with Crippen LogP contribution in [0.4, 0.5) is 4.79 Å². The van der Waals surface area contributed by atoms with Crippen LogP contribution >= 0.6 is 0 Å². The summed E-state index contributed by atoms with van der Waals surface area (Å²) < 4.78 is 5.59. The van der Waals surface area contributed by atoms with E-state index in [1.165, 1.54) is 0 Å². The maximum Gasteiger partial charge on any atom is 0.320 e. The maximum absolute atomic E-state index is 12.4. The molecule has 2 fully saturated rings. The molecule has 1 N–H and O–H groups in total. The number of likely N-dealkylation sites (tertiary alicyclic amines) is 1. The number of aliphatic carboxylic acids is 1. The highest BCUT2D eigenvalue weighted by Crippen LogP contribution is 2.16. The monoisotopic (exact) mass is 299 g/mol. The van der Waals surface area contributed by atoms with Crippen LogP contribution in [0.15, 0.2) is 0 Å². The molecule has 7 heteroatoms. The van der Waals surface area contributed by atoms with Gasteiger partial charge in [0.15, 0.2) is 0 Å². The second-order valence-electron chi connectivity index (χ2n) is 5.58. The molecule has 2 heterocycles. The minimum Gasteiger partial charge on any atom is -0.480 e. The third-order valence-corrected chi connectivity index (χ3v) is 4.12. The van der Waals surface area contributed by atoms with Crippen molar-refractivity contribution in [3.05, 3.63) is 0 Å². The van der Waals surface area contributed by atoms with E-state index in [0.29, 0.717) is 26.2 Å². The Kier molecular flexibility index (Phi) is 5.81. The number of hydrogen-bond donors (Lipinski definition) is 1. The summed E-state index contributed by atoms with van der Waals surface area (Å²) in [4.78, 5) is 28.7. The highest BCUT2D eigenvalue weighted by atomic mass is 16.5. The lowest BCUT2D eigenvalue weighted by Crippen LogP contribution is -2.55. The van der Waals surface area contributed by atoms with Gasteiger partial charge in [0.2, 0.25) is 0 Å². The van der Waals surface area contributed by atoms with E-state index >= 15 is 0 Å². The molecule has 120 valence electrons. The van der Waals surface area contributed by atoms with Crippen LogP contribution in [0.25, 0.3) is 0 Å². The standard InChI is InChI=1S/C14H25N3O4/c1-2-21-12-3-5-16(6-4-12)14(20)17-9-7-15(8-10-17)11-13(18)19/h12H,2-11H2,1H3,(H,18,19). The first-order chi connectivity index (χ1) is 10.1. The SMILES string of the molecule is CCOC1CCN(C(=O)N2CCN(CC(=O)O)CC2)CC1. The molecular formula is C14H25N3O4. The van der Waals surface area contributed by atoms with Crippen LogP contribution in [-0.2, 0) is 9.53 Å². The van der Waals surface area contributed by atoms with Gasteiger partial charge in [0.05, 0.1) is 12.6 Å². The number of rotatable bonds is 4. The molecule has 0 spiro atoms. The number of carboxylic acids is 1. The number of piperazine rings is 1. The predicted octanol–water partition coefficient (Wildman–Crippen LogP) is 0.310. The quantitative estimate of drug-likeness (QED) is 0.809. The summed E-state index contributed by atoms with van der Waals surface area (Å²) in [5.74, 6) is -0.812. The van der Waals surface area contributed by atoms with Crippen LogP contribution in [0.3, 0.4) is 0 Å². The lowest BCUT2D eigenvalue weighted by molar-refractivity contribution is -0.138. The van der Waals surface area contributed by atoms with Gasteiger partial charge in [0.25, 0.3) is 0 Å². The van der Waals surface area contributed by atoms with Gasteiger partial charge < -0.3 is 19.6 Å². The van der Waals surface area contributed by atoms with Gasteiger partial charge in [-0.25, -0.2) is 4.79 Å². The Hall–Kier alpha value is -1.34. The third-order valence-electron chi connectivity index (χ3n) is 4.12. The van der Waals surface area contributed by atoms with Gasteiger partial charge in [-0.3, -0.25) is 9.69 Å². The molecule has 2 amide bonds. The van der Waals surface area contributed by atoms with Gasteiger partial charge in [-0.05, 0) is 19.8 Å². The molecule has 0 aliphatic carbocycles. The zero-order chi connectivity index (χ0) is 15.2. The molecule has 0 atom stereocenters. The average molecular weight is 299 g/mol. The Morgan fingerprint density at radius 1 is 1.05 bits per heavy atom. The Bertz CT molecular complexity index is 361. The van der Waals surface area contributed by atoms with Crippen molar-refractivity contribution in [2.24, 2.45) is 0 Å². The zero-order valence-electron chi connectivity index (χ0n) is 12.7. The van der Waals surface area contributed by atoms with E-state index in [-0.39, 0.29) is 18.7 Å². The zero-order valence-corrected chi connectivity index (χ0v) is 12.7. The van der Waals surface area contributed by atoms with Gasteiger partial charge in [0.1, 0.15) is 0 Å². The highest BCUT2D eigenvalue weighted by Gasteiger charge is 2.28. The van der Waals surface area contributed by atoms with Gasteiger partial charge in [-0.1, -0.05) is 0 Å². The van der Waals surface area contributed by atoms with Crippen molar-refractivity contribution in [1.82, 2.24) is 14.7 Å². The fourth-order valence-electron chi connectivity index (χ4n) is 2.94. The smallest absolute Gasteiger partial charge is 0.320 e. The number of carboxylic acid groups (broad SMARTS) is 1. The minimum absolute atomic E-state index is 0.0573. The van der Waals surface area contributed by atoms with Crippen LogP contribution in [-0.4, -0.2) is 90.3 Å². The molecule has 2 aliphatic rings. The molecule has 0 aromatic rings. The molecule has 0 aromatic heterocycles. The number of amides is 2. The van der Waals surface area contributed by atoms with Gasteiger partial charge >= 0.3 is 12.0 Å². The number of urea groups is 1. The van der Waals surface area contributed by atoms with E-state index in [2.05, 4.69) is 0 Å². The number of carbonyl (C=O) groups excluding carboxylic acids is 1. The Labute approximate surface area is 125 Å². The molecule has 0 aromatic carbocycles. The van der Waals surface area contributed by atoms with Gasteiger partial charge in [-0.2, -0.15) is 0 Å². The number of nitrogens with zero attached hydrogens (tertiary/aromatic N) is 3. The van der Waals surface area contributed by atoms with Crippen LogP contribution in [0.1, 0.15) is 19.8 Å². The van der Waals surface area contributed by atoms with Crippen LogP contribution in [0, 0.1) is 0 Å². The second-order valence-corrected chi connectivity index (χ2v) is 5.58. The third kappa shape index (κ3) is 4.57. The summed E-state index contributed by atoms with van der Waals surface area (Å²) in [7, 11) is 0. The van der Waals surface area contributed by atoms with Gasteiger partial charge in [-0.15, -0.1) is 0 Å². The Morgan fingerprint density at radius 3 is 2.14 bits per heavy atom. The lowest BCUT2D eigenvalue weighted by atomic mass is 10.1. The van der Waals surface area contributed by atoms with Gasteiger partial charge in [0, 0.05) is 45.9 Å². The maximum atomic E-state index is 12.4. The van der Waals surface area contributed by atoms with Crippen molar-refractivity contribution in [2.75, 3.05) is 52.4 Å². The van der Waals surface area contributed by atoms with E-state index in [0.717, 1.165) is 32.5 Å². The summed E-state index contributed by atoms with van der Waals surface area (Å²) in [5, 5.41) is 8.77. The van der Waals surface area contributed by atoms with E-state index in [1.807, 2.05) is 21.6 Å². The average Bonchev–Trinajstić information content (AvgIpc) is 2.48. The second kappa shape index (κ2) is 7.61. The first kappa shape index (κ1) is 16.0. The molecule has 21 heavy (non-hydrogen) atoms. The topological polar surface area (TPSA) is 73.3 Å². The summed E-state index contributed by atoms with van der Waals surface area (Å²) >= 11 is 0. The minimum atomic E-state index is -0.812. The largest absolute Gasteiger partial charge is 0.480 e. The molecule has 0 bridgehead atoms. The highest BCUT2D eigenvalue weighted by molar-refractivity contribution is 5.74. The fraction of sp³-hybridized carbons (Fsp3) is 0.857. The lowest BCUT2D eigenvalue weighted by Gasteiger charge is -2.39. The van der Waals surface area contributed by atoms with Crippen molar-refractivity contribution in [2.45, 2.75) is 25.9 Å². The molecule has 0 radical (unpaired) electrons. The fourth-order valence-corrected chi connectivity index (χ4v) is 2.94.